The lowest BCUT2D eigenvalue weighted by Gasteiger charge is -2.30. The van der Waals surface area contributed by atoms with Gasteiger partial charge in [-0.15, -0.1) is 0 Å². The van der Waals surface area contributed by atoms with Gasteiger partial charge in [-0.25, -0.2) is 0 Å². The number of alkyl halides is 3. The van der Waals surface area contributed by atoms with Crippen molar-refractivity contribution in [3.8, 4) is 0 Å². The number of allylic oxidation sites excluding steroid dienone is 3. The number of para-hydroxylation sites is 2. The Kier molecular flexibility index (Phi) is 4.55. The van der Waals surface area contributed by atoms with Gasteiger partial charge in [0.05, 0.1) is 11.3 Å². The largest absolute Gasteiger partial charge is 0.435 e. The third-order valence-electron chi connectivity index (χ3n) is 6.38. The Labute approximate surface area is 184 Å². The number of anilines is 2. The molecular formula is C25H22F3N3O. The summed E-state index contributed by atoms with van der Waals surface area (Å²) in [5, 5.41) is 4.46. The van der Waals surface area contributed by atoms with Gasteiger partial charge in [0.25, 0.3) is 5.91 Å². The fraction of sp³-hybridized carbons (Fsp3) is 0.280. The molecule has 164 valence electrons. The molecule has 32 heavy (non-hydrogen) atoms. The van der Waals surface area contributed by atoms with Crippen LogP contribution in [0, 0.1) is 0 Å². The smallest absolute Gasteiger partial charge is 0.344 e. The first-order valence-corrected chi connectivity index (χ1v) is 10.6. The van der Waals surface area contributed by atoms with E-state index in [9.17, 15) is 18.0 Å². The standard InChI is InChI=1S/C25H22F3N3O/c1-24(2)19-12-6-8-16-9-7-15-30(21(16)19)20(24)14-13-18-22(25(26,27)28)29-31(23(18)32)17-10-4-3-5-11-17/h3-6,8,10-14H,7,9,15H2,1-2H3. The summed E-state index contributed by atoms with van der Waals surface area (Å²) >= 11 is 0. The molecule has 4 nitrogen and oxygen atoms in total. The summed E-state index contributed by atoms with van der Waals surface area (Å²) in [5.41, 5.74) is 2.75. The lowest BCUT2D eigenvalue weighted by Crippen LogP contribution is -2.29. The number of amides is 1. The highest BCUT2D eigenvalue weighted by molar-refractivity contribution is 6.32. The first-order chi connectivity index (χ1) is 15.2. The normalized spacial score (nSPS) is 22.0. The average molecular weight is 437 g/mol. The van der Waals surface area contributed by atoms with E-state index >= 15 is 0 Å². The molecule has 7 heteroatoms. The van der Waals surface area contributed by atoms with Crippen molar-refractivity contribution in [3.05, 3.63) is 83.1 Å². The van der Waals surface area contributed by atoms with Gasteiger partial charge >= 0.3 is 6.18 Å². The predicted molar refractivity (Wildman–Crippen MR) is 119 cm³/mol. The van der Waals surface area contributed by atoms with Crippen LogP contribution in [0.2, 0.25) is 0 Å². The Morgan fingerprint density at radius 1 is 1.03 bits per heavy atom. The molecule has 2 aromatic rings. The maximum Gasteiger partial charge on any atom is 0.435 e. The first kappa shape index (κ1) is 20.5. The molecule has 0 fully saturated rings. The maximum absolute atomic E-state index is 13.8. The number of carbonyl (C=O) groups excluding carboxylic acids is 1. The lowest BCUT2D eigenvalue weighted by atomic mass is 9.83. The fourth-order valence-electron chi connectivity index (χ4n) is 4.85. The molecule has 3 heterocycles. The SMILES string of the molecule is CC1(C)C(=CC=C2C(=O)N(c3ccccc3)N=C2C(F)(F)F)N2CCCc3cccc1c32. The van der Waals surface area contributed by atoms with Crippen molar-refractivity contribution in [2.75, 3.05) is 16.5 Å². The highest BCUT2D eigenvalue weighted by Crippen LogP contribution is 2.51. The number of hydrogen-bond donors (Lipinski definition) is 0. The van der Waals surface area contributed by atoms with Crippen LogP contribution in [0.3, 0.4) is 0 Å². The fourth-order valence-corrected chi connectivity index (χ4v) is 4.85. The van der Waals surface area contributed by atoms with E-state index in [1.807, 2.05) is 6.07 Å². The summed E-state index contributed by atoms with van der Waals surface area (Å²) in [4.78, 5) is 15.1. The first-order valence-electron chi connectivity index (χ1n) is 10.6. The van der Waals surface area contributed by atoms with Crippen molar-refractivity contribution >= 4 is 23.0 Å². The highest BCUT2D eigenvalue weighted by atomic mass is 19.4. The van der Waals surface area contributed by atoms with Gasteiger partial charge in [0.15, 0.2) is 5.71 Å². The van der Waals surface area contributed by atoms with Crippen LogP contribution in [0.5, 0.6) is 0 Å². The van der Waals surface area contributed by atoms with Gasteiger partial charge in [-0.3, -0.25) is 4.79 Å². The molecule has 0 radical (unpaired) electrons. The molecule has 1 amide bonds. The van der Waals surface area contributed by atoms with E-state index in [2.05, 4.69) is 36.0 Å². The zero-order chi connectivity index (χ0) is 22.7. The zero-order valence-electron chi connectivity index (χ0n) is 17.8. The monoisotopic (exact) mass is 437 g/mol. The van der Waals surface area contributed by atoms with Crippen molar-refractivity contribution in [1.29, 1.82) is 0 Å². The third kappa shape index (κ3) is 3.06. The molecule has 3 aliphatic heterocycles. The highest BCUT2D eigenvalue weighted by Gasteiger charge is 2.47. The number of hydrazone groups is 1. The number of hydrogen-bond acceptors (Lipinski definition) is 3. The van der Waals surface area contributed by atoms with Crippen molar-refractivity contribution in [3.63, 3.8) is 0 Å². The molecule has 0 spiro atoms. The molecule has 3 aliphatic rings. The molecule has 0 unspecified atom stereocenters. The van der Waals surface area contributed by atoms with E-state index < -0.39 is 23.4 Å². The summed E-state index contributed by atoms with van der Waals surface area (Å²) in [5.74, 6) is -0.784. The second-order valence-electron chi connectivity index (χ2n) is 8.72. The summed E-state index contributed by atoms with van der Waals surface area (Å²) in [7, 11) is 0. The molecule has 0 atom stereocenters. The van der Waals surface area contributed by atoms with Gasteiger partial charge in [0, 0.05) is 23.3 Å². The topological polar surface area (TPSA) is 35.9 Å². The minimum Gasteiger partial charge on any atom is -0.344 e. The molecule has 5 rings (SSSR count). The zero-order valence-corrected chi connectivity index (χ0v) is 17.8. The predicted octanol–water partition coefficient (Wildman–Crippen LogP) is 5.51. The van der Waals surface area contributed by atoms with Gasteiger partial charge in [-0.2, -0.15) is 23.3 Å². The molecule has 0 bridgehead atoms. The van der Waals surface area contributed by atoms with E-state index in [0.29, 0.717) is 5.69 Å². The van der Waals surface area contributed by atoms with Gasteiger partial charge in [-0.1, -0.05) is 50.2 Å². The van der Waals surface area contributed by atoms with E-state index in [0.717, 1.165) is 41.3 Å². The Balaban J connectivity index is 1.59. The van der Waals surface area contributed by atoms with Gasteiger partial charge in [-0.05, 0) is 48.3 Å². The lowest BCUT2D eigenvalue weighted by molar-refractivity contribution is -0.114. The second kappa shape index (κ2) is 7.08. The summed E-state index contributed by atoms with van der Waals surface area (Å²) in [6.07, 6.45) is 0.166. The quantitative estimate of drug-likeness (QED) is 0.581. The minimum absolute atomic E-state index is 0.296. The van der Waals surface area contributed by atoms with Crippen LogP contribution in [-0.2, 0) is 16.6 Å². The Morgan fingerprint density at radius 3 is 2.50 bits per heavy atom. The maximum atomic E-state index is 13.8. The minimum atomic E-state index is -4.74. The van der Waals surface area contributed by atoms with Crippen molar-refractivity contribution in [1.82, 2.24) is 0 Å². The van der Waals surface area contributed by atoms with Crippen LogP contribution in [0.4, 0.5) is 24.5 Å². The van der Waals surface area contributed by atoms with Gasteiger partial charge in [0.1, 0.15) is 0 Å². The van der Waals surface area contributed by atoms with E-state index in [-0.39, 0.29) is 5.41 Å². The van der Waals surface area contributed by atoms with Crippen LogP contribution >= 0.6 is 0 Å². The number of carbonyl (C=O) groups is 1. The van der Waals surface area contributed by atoms with Crippen molar-refractivity contribution in [2.45, 2.75) is 38.3 Å². The molecule has 0 saturated heterocycles. The average Bonchev–Trinajstić information content (AvgIpc) is 3.21. The number of aryl methyl sites for hydroxylation is 1. The number of nitrogens with zero attached hydrogens (tertiary/aromatic N) is 3. The summed E-state index contributed by atoms with van der Waals surface area (Å²) < 4.78 is 41.3. The number of rotatable bonds is 2. The summed E-state index contributed by atoms with van der Waals surface area (Å²) in [6.45, 7) is 4.93. The molecule has 0 aromatic heterocycles. The third-order valence-corrected chi connectivity index (χ3v) is 6.38. The summed E-state index contributed by atoms with van der Waals surface area (Å²) in [6, 6.07) is 14.4. The number of benzene rings is 2. The van der Waals surface area contributed by atoms with Crippen LogP contribution in [0.25, 0.3) is 0 Å². The Morgan fingerprint density at radius 2 is 1.78 bits per heavy atom. The molecule has 0 saturated carbocycles. The van der Waals surface area contributed by atoms with Crippen LogP contribution < -0.4 is 9.91 Å². The van der Waals surface area contributed by atoms with Crippen LogP contribution in [-0.4, -0.2) is 24.3 Å². The van der Waals surface area contributed by atoms with Gasteiger partial charge < -0.3 is 4.90 Å². The van der Waals surface area contributed by atoms with E-state index in [4.69, 9.17) is 0 Å². The van der Waals surface area contributed by atoms with E-state index in [1.54, 1.807) is 36.4 Å². The molecular weight excluding hydrogens is 415 g/mol. The Bertz CT molecular complexity index is 1190. The van der Waals surface area contributed by atoms with Crippen molar-refractivity contribution in [2.24, 2.45) is 5.10 Å². The molecule has 0 aliphatic carbocycles. The molecule has 2 aromatic carbocycles. The van der Waals surface area contributed by atoms with Gasteiger partial charge in [0.2, 0.25) is 0 Å². The van der Waals surface area contributed by atoms with Crippen LogP contribution in [0.1, 0.15) is 31.4 Å². The second-order valence-corrected chi connectivity index (χ2v) is 8.72. The van der Waals surface area contributed by atoms with Crippen molar-refractivity contribution < 1.29 is 18.0 Å². The van der Waals surface area contributed by atoms with Crippen LogP contribution in [0.15, 0.2) is 77.1 Å². The molecule has 0 N–H and O–H groups in total. The number of halogens is 3. The Hall–Kier alpha value is -3.35. The van der Waals surface area contributed by atoms with E-state index in [1.165, 1.54) is 11.6 Å².